The van der Waals surface area contributed by atoms with Crippen LogP contribution in [0.4, 0.5) is 5.69 Å². The Morgan fingerprint density at radius 3 is 2.09 bits per heavy atom. The Bertz CT molecular complexity index is 1250. The van der Waals surface area contributed by atoms with Gasteiger partial charge < -0.3 is 14.2 Å². The Kier molecular flexibility index (Phi) is 6.22. The van der Waals surface area contributed by atoms with E-state index in [9.17, 15) is 9.59 Å². The fourth-order valence-corrected chi connectivity index (χ4v) is 3.55. The third-order valence-electron chi connectivity index (χ3n) is 5.14. The molecule has 0 unspecified atom stereocenters. The number of esters is 1. The van der Waals surface area contributed by atoms with E-state index >= 15 is 0 Å². The normalized spacial score (nSPS) is 14.3. The van der Waals surface area contributed by atoms with Crippen LogP contribution in [0.1, 0.15) is 21.5 Å². The van der Waals surface area contributed by atoms with Gasteiger partial charge in [-0.15, -0.1) is 0 Å². The van der Waals surface area contributed by atoms with Gasteiger partial charge in [0.05, 0.1) is 32.6 Å². The molecule has 1 aliphatic heterocycles. The molecule has 0 radical (unpaired) electrons. The predicted octanol–water partition coefficient (Wildman–Crippen LogP) is 4.32. The zero-order chi connectivity index (χ0) is 23.4. The average molecular weight is 442 g/mol. The highest BCUT2D eigenvalue weighted by Crippen LogP contribution is 2.38. The Morgan fingerprint density at radius 2 is 1.48 bits per heavy atom. The number of hydrogen-bond donors (Lipinski definition) is 0. The second-order valence-electron chi connectivity index (χ2n) is 7.10. The molecule has 33 heavy (non-hydrogen) atoms. The molecule has 0 fully saturated rings. The highest BCUT2D eigenvalue weighted by Gasteiger charge is 2.36. The molecule has 0 saturated carbocycles. The molecular weight excluding hydrogens is 420 g/mol. The van der Waals surface area contributed by atoms with Gasteiger partial charge in [0.15, 0.2) is 11.5 Å². The highest BCUT2D eigenvalue weighted by molar-refractivity contribution is 6.34. The minimum Gasteiger partial charge on any atom is -0.493 e. The highest BCUT2D eigenvalue weighted by atomic mass is 16.5. The number of amides is 1. The minimum atomic E-state index is -0.619. The van der Waals surface area contributed by atoms with Crippen molar-refractivity contribution in [1.82, 2.24) is 0 Å². The molecule has 1 amide bonds. The first kappa shape index (κ1) is 21.8. The van der Waals surface area contributed by atoms with Crippen LogP contribution >= 0.6 is 0 Å². The summed E-state index contributed by atoms with van der Waals surface area (Å²) in [5.74, 6) is 0.0919. The number of carbonyl (C=O) groups excluding carboxylic acids is 2. The summed E-state index contributed by atoms with van der Waals surface area (Å²) in [5, 5.41) is 0. The van der Waals surface area contributed by atoms with Gasteiger partial charge in [-0.05, 0) is 11.6 Å². The zero-order valence-corrected chi connectivity index (χ0v) is 18.4. The number of benzene rings is 3. The van der Waals surface area contributed by atoms with Crippen LogP contribution in [0.5, 0.6) is 11.5 Å². The number of nitrogens with zero attached hydrogens (tertiary/aromatic N) is 2. The molecule has 0 aliphatic carbocycles. The molecule has 7 heteroatoms. The lowest BCUT2D eigenvalue weighted by atomic mass is 10.1. The molecule has 1 aliphatic rings. The van der Waals surface area contributed by atoms with E-state index in [0.717, 1.165) is 5.56 Å². The monoisotopic (exact) mass is 442 g/mol. The van der Waals surface area contributed by atoms with Crippen LogP contribution in [0.25, 0.3) is 6.08 Å². The van der Waals surface area contributed by atoms with Crippen molar-refractivity contribution >= 4 is 29.5 Å². The van der Waals surface area contributed by atoms with Crippen LogP contribution in [0.3, 0.4) is 0 Å². The van der Waals surface area contributed by atoms with Crippen molar-refractivity contribution in [1.29, 1.82) is 0 Å². The number of hydrogen-bond acceptors (Lipinski definition) is 6. The van der Waals surface area contributed by atoms with Gasteiger partial charge in [-0.2, -0.15) is 0 Å². The first-order chi connectivity index (χ1) is 16.1. The van der Waals surface area contributed by atoms with Gasteiger partial charge in [-0.25, -0.2) is 9.79 Å². The average Bonchev–Trinajstić information content (AvgIpc) is 3.19. The molecule has 1 heterocycles. The van der Waals surface area contributed by atoms with Crippen molar-refractivity contribution in [3.63, 3.8) is 0 Å². The van der Waals surface area contributed by atoms with Crippen molar-refractivity contribution in [3.05, 3.63) is 95.2 Å². The second kappa shape index (κ2) is 9.40. The van der Waals surface area contributed by atoms with Gasteiger partial charge in [0.2, 0.25) is 0 Å². The number of aliphatic imine (C=N–C) groups is 1. The lowest BCUT2D eigenvalue weighted by Gasteiger charge is -2.22. The van der Waals surface area contributed by atoms with Crippen LogP contribution < -0.4 is 14.4 Å². The molecule has 0 atom stereocenters. The van der Waals surface area contributed by atoms with Gasteiger partial charge in [-0.3, -0.25) is 9.69 Å². The van der Waals surface area contributed by atoms with E-state index in [2.05, 4.69) is 4.99 Å². The van der Waals surface area contributed by atoms with Gasteiger partial charge in [-0.1, -0.05) is 60.7 Å². The first-order valence-electron chi connectivity index (χ1n) is 10.2. The first-order valence-corrected chi connectivity index (χ1v) is 10.2. The molecule has 0 spiro atoms. The smallest absolute Gasteiger partial charge is 0.340 e. The van der Waals surface area contributed by atoms with Crippen LogP contribution in [-0.4, -0.2) is 39.0 Å². The zero-order valence-electron chi connectivity index (χ0n) is 18.4. The summed E-state index contributed by atoms with van der Waals surface area (Å²) in [6, 6.07) is 21.8. The molecular formula is C26H22N2O5. The Morgan fingerprint density at radius 1 is 0.879 bits per heavy atom. The summed E-state index contributed by atoms with van der Waals surface area (Å²) >= 11 is 0. The van der Waals surface area contributed by atoms with Crippen molar-refractivity contribution < 1.29 is 23.8 Å². The van der Waals surface area contributed by atoms with Crippen molar-refractivity contribution in [2.45, 2.75) is 0 Å². The lowest BCUT2D eigenvalue weighted by Crippen LogP contribution is -2.34. The standard InChI is InChI=1S/C26H22N2O5/c1-31-22-15-19(26(30)33-3)21(16-23(22)32-2)28-24(18-12-8-5-9-13-18)27-20(25(28)29)14-17-10-6-4-7-11-17/h4-16H,1-3H3/b20-14-. The third kappa shape index (κ3) is 4.21. The van der Waals surface area contributed by atoms with Gasteiger partial charge >= 0.3 is 5.97 Å². The Balaban J connectivity index is 1.93. The van der Waals surface area contributed by atoms with Crippen molar-refractivity contribution in [2.75, 3.05) is 26.2 Å². The number of amidine groups is 1. The fourth-order valence-electron chi connectivity index (χ4n) is 3.55. The van der Waals surface area contributed by atoms with Crippen molar-refractivity contribution in [2.24, 2.45) is 4.99 Å². The quantitative estimate of drug-likeness (QED) is 0.420. The van der Waals surface area contributed by atoms with Gasteiger partial charge in [0, 0.05) is 17.7 Å². The SMILES string of the molecule is COC(=O)c1cc(OC)c(OC)cc1N1C(=O)/C(=C/c2ccccc2)N=C1c1ccccc1. The summed E-state index contributed by atoms with van der Waals surface area (Å²) in [4.78, 5) is 32.3. The van der Waals surface area contributed by atoms with Crippen LogP contribution in [0.2, 0.25) is 0 Å². The number of rotatable bonds is 6. The van der Waals surface area contributed by atoms with E-state index in [0.29, 0.717) is 22.9 Å². The summed E-state index contributed by atoms with van der Waals surface area (Å²) < 4.78 is 15.8. The van der Waals surface area contributed by atoms with Gasteiger partial charge in [0.1, 0.15) is 11.5 Å². The van der Waals surface area contributed by atoms with E-state index in [1.54, 1.807) is 12.1 Å². The second-order valence-corrected chi connectivity index (χ2v) is 7.10. The molecule has 0 aromatic heterocycles. The molecule has 3 aromatic rings. The number of methoxy groups -OCH3 is 3. The number of carbonyl (C=O) groups is 2. The topological polar surface area (TPSA) is 77.4 Å². The van der Waals surface area contributed by atoms with Gasteiger partial charge in [0.25, 0.3) is 5.91 Å². The van der Waals surface area contributed by atoms with E-state index in [-0.39, 0.29) is 22.9 Å². The number of anilines is 1. The molecule has 7 nitrogen and oxygen atoms in total. The van der Waals surface area contributed by atoms with Crippen LogP contribution in [-0.2, 0) is 9.53 Å². The lowest BCUT2D eigenvalue weighted by molar-refractivity contribution is -0.113. The van der Waals surface area contributed by atoms with E-state index < -0.39 is 5.97 Å². The minimum absolute atomic E-state index is 0.146. The van der Waals surface area contributed by atoms with E-state index in [1.807, 2.05) is 60.7 Å². The summed E-state index contributed by atoms with van der Waals surface area (Å²) in [6.45, 7) is 0. The Hall–Kier alpha value is -4.39. The fraction of sp³-hybridized carbons (Fsp3) is 0.115. The maximum atomic E-state index is 13.6. The van der Waals surface area contributed by atoms with Crippen LogP contribution in [0, 0.1) is 0 Å². The van der Waals surface area contributed by atoms with Crippen LogP contribution in [0.15, 0.2) is 83.5 Å². The van der Waals surface area contributed by atoms with Crippen molar-refractivity contribution in [3.8, 4) is 11.5 Å². The summed E-state index contributed by atoms with van der Waals surface area (Å²) in [7, 11) is 4.23. The number of ether oxygens (including phenoxy) is 3. The largest absolute Gasteiger partial charge is 0.493 e. The summed E-state index contributed by atoms with van der Waals surface area (Å²) in [6.07, 6.45) is 1.71. The molecule has 0 saturated heterocycles. The molecule has 3 aromatic carbocycles. The molecule has 0 N–H and O–H groups in total. The summed E-state index contributed by atoms with van der Waals surface area (Å²) in [5.41, 5.74) is 2.22. The Labute approximate surface area is 191 Å². The maximum Gasteiger partial charge on any atom is 0.340 e. The third-order valence-corrected chi connectivity index (χ3v) is 5.14. The molecule has 166 valence electrons. The molecule has 4 rings (SSSR count). The molecule has 0 bridgehead atoms. The van der Waals surface area contributed by atoms with E-state index in [1.165, 1.54) is 32.3 Å². The predicted molar refractivity (Wildman–Crippen MR) is 126 cm³/mol. The maximum absolute atomic E-state index is 13.6. The van der Waals surface area contributed by atoms with E-state index in [4.69, 9.17) is 14.2 Å².